The van der Waals surface area contributed by atoms with Crippen LogP contribution in [0, 0.1) is 0 Å². The summed E-state index contributed by atoms with van der Waals surface area (Å²) in [7, 11) is 1.66. The van der Waals surface area contributed by atoms with E-state index in [9.17, 15) is 0 Å². The monoisotopic (exact) mass is 293 g/mol. The molecule has 1 aromatic carbocycles. The van der Waals surface area contributed by atoms with Crippen molar-refractivity contribution < 1.29 is 9.47 Å². The summed E-state index contributed by atoms with van der Waals surface area (Å²) in [6, 6.07) is 5.86. The molecule has 3 heteroatoms. The Bertz CT molecular complexity index is 357. The van der Waals surface area contributed by atoms with Crippen LogP contribution >= 0.6 is 0 Å². The van der Waals surface area contributed by atoms with E-state index in [2.05, 4.69) is 6.92 Å². The Labute approximate surface area is 129 Å². The molecular weight excluding hydrogens is 262 g/mol. The van der Waals surface area contributed by atoms with Crippen LogP contribution in [0.25, 0.3) is 0 Å². The van der Waals surface area contributed by atoms with Gasteiger partial charge >= 0.3 is 0 Å². The highest BCUT2D eigenvalue weighted by molar-refractivity contribution is 5.38. The maximum atomic E-state index is 5.80. The standard InChI is InChI=1S/C18H31NO2/c1-3-4-5-6-7-8-9-10-11-21-18-13-16(15-19)12-17(14-18)20-2/h12-14H,3-11,15,19H2,1-2H3. The summed E-state index contributed by atoms with van der Waals surface area (Å²) in [5.41, 5.74) is 6.72. The Morgan fingerprint density at radius 3 is 2.10 bits per heavy atom. The lowest BCUT2D eigenvalue weighted by Gasteiger charge is -2.10. The number of hydrogen-bond acceptors (Lipinski definition) is 3. The topological polar surface area (TPSA) is 44.5 Å². The zero-order valence-electron chi connectivity index (χ0n) is 13.7. The van der Waals surface area contributed by atoms with Crippen LogP contribution in [0.1, 0.15) is 63.9 Å². The van der Waals surface area contributed by atoms with Crippen molar-refractivity contribution in [1.82, 2.24) is 0 Å². The lowest BCUT2D eigenvalue weighted by molar-refractivity contribution is 0.301. The number of methoxy groups -OCH3 is 1. The molecule has 0 unspecified atom stereocenters. The first-order valence-corrected chi connectivity index (χ1v) is 8.31. The van der Waals surface area contributed by atoms with Crippen LogP contribution in [0.15, 0.2) is 18.2 Å². The van der Waals surface area contributed by atoms with Crippen LogP contribution in [0.2, 0.25) is 0 Å². The lowest BCUT2D eigenvalue weighted by Crippen LogP contribution is -2.01. The van der Waals surface area contributed by atoms with E-state index >= 15 is 0 Å². The van der Waals surface area contributed by atoms with Gasteiger partial charge < -0.3 is 15.2 Å². The molecule has 0 heterocycles. The molecule has 0 radical (unpaired) electrons. The van der Waals surface area contributed by atoms with Crippen molar-refractivity contribution in [3.8, 4) is 11.5 Å². The average Bonchev–Trinajstić information content (AvgIpc) is 2.52. The van der Waals surface area contributed by atoms with Gasteiger partial charge in [-0.05, 0) is 24.1 Å². The van der Waals surface area contributed by atoms with Crippen LogP contribution in [-0.2, 0) is 6.54 Å². The summed E-state index contributed by atoms with van der Waals surface area (Å²) in [6.45, 7) is 3.53. The SMILES string of the molecule is CCCCCCCCCCOc1cc(CN)cc(OC)c1. The van der Waals surface area contributed by atoms with E-state index in [4.69, 9.17) is 15.2 Å². The fraction of sp³-hybridized carbons (Fsp3) is 0.667. The van der Waals surface area contributed by atoms with Gasteiger partial charge in [-0.15, -0.1) is 0 Å². The summed E-state index contributed by atoms with van der Waals surface area (Å²) in [5, 5.41) is 0. The predicted octanol–water partition coefficient (Wildman–Crippen LogP) is 4.67. The molecule has 120 valence electrons. The maximum absolute atomic E-state index is 5.80. The van der Waals surface area contributed by atoms with Gasteiger partial charge in [0.1, 0.15) is 11.5 Å². The zero-order valence-corrected chi connectivity index (χ0v) is 13.7. The third kappa shape index (κ3) is 7.96. The van der Waals surface area contributed by atoms with Crippen molar-refractivity contribution >= 4 is 0 Å². The molecular formula is C18H31NO2. The Hall–Kier alpha value is -1.22. The molecule has 0 bridgehead atoms. The molecule has 0 atom stereocenters. The summed E-state index contributed by atoms with van der Waals surface area (Å²) in [6.07, 6.45) is 10.5. The molecule has 0 saturated carbocycles. The molecule has 0 aromatic heterocycles. The van der Waals surface area contributed by atoms with Crippen LogP contribution in [-0.4, -0.2) is 13.7 Å². The first-order chi connectivity index (χ1) is 10.3. The molecule has 1 aromatic rings. The zero-order chi connectivity index (χ0) is 15.3. The number of benzene rings is 1. The Morgan fingerprint density at radius 2 is 1.48 bits per heavy atom. The van der Waals surface area contributed by atoms with Crippen molar-refractivity contribution in [2.75, 3.05) is 13.7 Å². The van der Waals surface area contributed by atoms with E-state index in [1.54, 1.807) is 7.11 Å². The summed E-state index contributed by atoms with van der Waals surface area (Å²) in [5.74, 6) is 1.67. The normalized spacial score (nSPS) is 10.6. The minimum Gasteiger partial charge on any atom is -0.497 e. The van der Waals surface area contributed by atoms with Crippen molar-refractivity contribution in [1.29, 1.82) is 0 Å². The van der Waals surface area contributed by atoms with Gasteiger partial charge in [0.25, 0.3) is 0 Å². The Kier molecular flexibility index (Phi) is 9.71. The second-order valence-electron chi connectivity index (χ2n) is 5.54. The largest absolute Gasteiger partial charge is 0.497 e. The van der Waals surface area contributed by atoms with E-state index in [-0.39, 0.29) is 0 Å². The molecule has 0 aliphatic carbocycles. The van der Waals surface area contributed by atoms with E-state index in [1.165, 1.54) is 44.9 Å². The highest BCUT2D eigenvalue weighted by Crippen LogP contribution is 2.22. The minimum atomic E-state index is 0.505. The van der Waals surface area contributed by atoms with Gasteiger partial charge in [0.15, 0.2) is 0 Å². The summed E-state index contributed by atoms with van der Waals surface area (Å²) >= 11 is 0. The minimum absolute atomic E-state index is 0.505. The van der Waals surface area contributed by atoms with E-state index < -0.39 is 0 Å². The molecule has 0 aliphatic heterocycles. The molecule has 0 amide bonds. The molecule has 21 heavy (non-hydrogen) atoms. The Balaban J connectivity index is 2.15. The van der Waals surface area contributed by atoms with Gasteiger partial charge in [0.2, 0.25) is 0 Å². The number of hydrogen-bond donors (Lipinski definition) is 1. The van der Waals surface area contributed by atoms with Gasteiger partial charge in [0.05, 0.1) is 13.7 Å². The highest BCUT2D eigenvalue weighted by atomic mass is 16.5. The number of ether oxygens (including phenoxy) is 2. The Morgan fingerprint density at radius 1 is 0.857 bits per heavy atom. The molecule has 0 saturated heterocycles. The fourth-order valence-electron chi connectivity index (χ4n) is 2.38. The maximum Gasteiger partial charge on any atom is 0.123 e. The second kappa shape index (κ2) is 11.4. The van der Waals surface area contributed by atoms with Crippen molar-refractivity contribution in [2.24, 2.45) is 5.73 Å². The van der Waals surface area contributed by atoms with E-state index in [0.717, 1.165) is 30.1 Å². The quantitative estimate of drug-likeness (QED) is 0.569. The van der Waals surface area contributed by atoms with Crippen molar-refractivity contribution in [3.05, 3.63) is 23.8 Å². The van der Waals surface area contributed by atoms with Gasteiger partial charge in [-0.1, -0.05) is 51.9 Å². The third-order valence-corrected chi connectivity index (χ3v) is 3.68. The van der Waals surface area contributed by atoms with E-state index in [0.29, 0.717) is 6.54 Å². The predicted molar refractivity (Wildman–Crippen MR) is 89.0 cm³/mol. The van der Waals surface area contributed by atoms with Crippen LogP contribution < -0.4 is 15.2 Å². The number of rotatable bonds is 12. The fourth-order valence-corrected chi connectivity index (χ4v) is 2.38. The molecule has 3 nitrogen and oxygen atoms in total. The number of nitrogens with two attached hydrogens (primary N) is 1. The van der Waals surface area contributed by atoms with Gasteiger partial charge in [-0.2, -0.15) is 0 Å². The van der Waals surface area contributed by atoms with Crippen molar-refractivity contribution in [3.63, 3.8) is 0 Å². The van der Waals surface area contributed by atoms with Gasteiger partial charge in [-0.3, -0.25) is 0 Å². The van der Waals surface area contributed by atoms with Gasteiger partial charge in [0, 0.05) is 12.6 Å². The van der Waals surface area contributed by atoms with Crippen molar-refractivity contribution in [2.45, 2.75) is 64.8 Å². The summed E-state index contributed by atoms with van der Waals surface area (Å²) in [4.78, 5) is 0. The van der Waals surface area contributed by atoms with Gasteiger partial charge in [-0.25, -0.2) is 0 Å². The lowest BCUT2D eigenvalue weighted by atomic mass is 10.1. The average molecular weight is 293 g/mol. The highest BCUT2D eigenvalue weighted by Gasteiger charge is 2.01. The molecule has 2 N–H and O–H groups in total. The van der Waals surface area contributed by atoms with Crippen LogP contribution in [0.5, 0.6) is 11.5 Å². The van der Waals surface area contributed by atoms with E-state index in [1.807, 2.05) is 18.2 Å². The summed E-state index contributed by atoms with van der Waals surface area (Å²) < 4.78 is 11.1. The van der Waals surface area contributed by atoms with Crippen LogP contribution in [0.4, 0.5) is 0 Å². The number of unbranched alkanes of at least 4 members (excludes halogenated alkanes) is 7. The first kappa shape index (κ1) is 17.8. The molecule has 0 spiro atoms. The van der Waals surface area contributed by atoms with Crippen LogP contribution in [0.3, 0.4) is 0 Å². The molecule has 0 aliphatic rings. The molecule has 0 fully saturated rings. The first-order valence-electron chi connectivity index (χ1n) is 8.31. The molecule has 1 rings (SSSR count). The third-order valence-electron chi connectivity index (χ3n) is 3.68. The smallest absolute Gasteiger partial charge is 0.123 e. The second-order valence-corrected chi connectivity index (χ2v) is 5.54.